The summed E-state index contributed by atoms with van der Waals surface area (Å²) in [4.78, 5) is 37.5. The van der Waals surface area contributed by atoms with Gasteiger partial charge in [0.15, 0.2) is 0 Å². The molecule has 2 rings (SSSR count). The monoisotopic (exact) mass is 382 g/mol. The van der Waals surface area contributed by atoms with Gasteiger partial charge in [-0.15, -0.1) is 0 Å². The third kappa shape index (κ3) is 6.12. The van der Waals surface area contributed by atoms with Crippen LogP contribution < -0.4 is 16.0 Å². The summed E-state index contributed by atoms with van der Waals surface area (Å²) in [7, 11) is 3.37. The van der Waals surface area contributed by atoms with Crippen LogP contribution in [0.4, 0.5) is 11.4 Å². The van der Waals surface area contributed by atoms with Gasteiger partial charge in [-0.05, 0) is 48.9 Å². The standard InChI is InChI=1S/C21H26N4O3/c1-4-12-22-20(27)16-6-5-7-18(13-16)23-14-19(26)24-17-10-8-15(9-11-17)21(28)25(2)3/h5-11,13,23H,4,12,14H2,1-3H3,(H,22,27)(H,24,26). The second kappa shape index (κ2) is 10.1. The lowest BCUT2D eigenvalue weighted by molar-refractivity contribution is -0.114. The lowest BCUT2D eigenvalue weighted by Gasteiger charge is -2.11. The van der Waals surface area contributed by atoms with E-state index in [9.17, 15) is 14.4 Å². The molecule has 28 heavy (non-hydrogen) atoms. The Morgan fingerprint density at radius 1 is 0.929 bits per heavy atom. The smallest absolute Gasteiger partial charge is 0.253 e. The van der Waals surface area contributed by atoms with Crippen LogP contribution in [-0.2, 0) is 4.79 Å². The van der Waals surface area contributed by atoms with E-state index in [1.807, 2.05) is 6.92 Å². The predicted octanol–water partition coefficient (Wildman–Crippen LogP) is 2.58. The highest BCUT2D eigenvalue weighted by Crippen LogP contribution is 2.12. The van der Waals surface area contributed by atoms with E-state index in [1.165, 1.54) is 4.90 Å². The van der Waals surface area contributed by atoms with Crippen LogP contribution >= 0.6 is 0 Å². The Hall–Kier alpha value is -3.35. The molecule has 148 valence electrons. The van der Waals surface area contributed by atoms with Crippen molar-refractivity contribution in [3.05, 3.63) is 59.7 Å². The van der Waals surface area contributed by atoms with Crippen LogP contribution in [0.1, 0.15) is 34.1 Å². The zero-order valence-corrected chi connectivity index (χ0v) is 16.4. The van der Waals surface area contributed by atoms with Gasteiger partial charge >= 0.3 is 0 Å². The zero-order valence-electron chi connectivity index (χ0n) is 16.4. The van der Waals surface area contributed by atoms with Crippen LogP contribution in [0, 0.1) is 0 Å². The van der Waals surface area contributed by atoms with Crippen LogP contribution in [0.25, 0.3) is 0 Å². The predicted molar refractivity (Wildman–Crippen MR) is 111 cm³/mol. The van der Waals surface area contributed by atoms with Crippen LogP contribution in [0.5, 0.6) is 0 Å². The molecule has 0 saturated carbocycles. The Morgan fingerprint density at radius 3 is 2.29 bits per heavy atom. The van der Waals surface area contributed by atoms with Gasteiger partial charge in [-0.3, -0.25) is 14.4 Å². The molecule has 7 heteroatoms. The normalized spacial score (nSPS) is 10.1. The molecule has 2 aromatic carbocycles. The van der Waals surface area contributed by atoms with Gasteiger partial charge in [-0.1, -0.05) is 13.0 Å². The molecule has 0 aliphatic rings. The van der Waals surface area contributed by atoms with E-state index in [1.54, 1.807) is 62.6 Å². The van der Waals surface area contributed by atoms with Gasteiger partial charge in [0.1, 0.15) is 0 Å². The van der Waals surface area contributed by atoms with E-state index in [4.69, 9.17) is 0 Å². The van der Waals surface area contributed by atoms with Crippen LogP contribution in [0.2, 0.25) is 0 Å². The Kier molecular flexibility index (Phi) is 7.56. The van der Waals surface area contributed by atoms with E-state index in [2.05, 4.69) is 16.0 Å². The summed E-state index contributed by atoms with van der Waals surface area (Å²) in [5.41, 5.74) is 2.39. The number of carbonyl (C=O) groups excluding carboxylic acids is 3. The minimum atomic E-state index is -0.229. The van der Waals surface area contributed by atoms with Crippen molar-refractivity contribution in [2.24, 2.45) is 0 Å². The first-order valence-electron chi connectivity index (χ1n) is 9.14. The maximum absolute atomic E-state index is 12.1. The number of nitrogens with zero attached hydrogens (tertiary/aromatic N) is 1. The summed E-state index contributed by atoms with van der Waals surface area (Å²) in [5.74, 6) is -0.461. The van der Waals surface area contributed by atoms with E-state index in [-0.39, 0.29) is 24.3 Å². The van der Waals surface area contributed by atoms with Gasteiger partial charge in [-0.25, -0.2) is 0 Å². The fraction of sp³-hybridized carbons (Fsp3) is 0.286. The molecular weight excluding hydrogens is 356 g/mol. The molecule has 0 aromatic heterocycles. The average molecular weight is 382 g/mol. The third-order valence-electron chi connectivity index (χ3n) is 3.94. The number of benzene rings is 2. The highest BCUT2D eigenvalue weighted by molar-refractivity contribution is 5.97. The molecule has 0 spiro atoms. The number of nitrogens with one attached hydrogen (secondary N) is 3. The van der Waals surface area contributed by atoms with Crippen LogP contribution in [-0.4, -0.2) is 49.8 Å². The van der Waals surface area contributed by atoms with Crippen molar-refractivity contribution in [1.82, 2.24) is 10.2 Å². The molecule has 0 bridgehead atoms. The van der Waals surface area contributed by atoms with Crippen molar-refractivity contribution in [3.8, 4) is 0 Å². The molecule has 3 amide bonds. The van der Waals surface area contributed by atoms with Gasteiger partial charge in [0, 0.05) is 43.1 Å². The summed E-state index contributed by atoms with van der Waals surface area (Å²) in [6.07, 6.45) is 0.869. The SMILES string of the molecule is CCCNC(=O)c1cccc(NCC(=O)Nc2ccc(C(=O)N(C)C)cc2)c1. The molecule has 2 aromatic rings. The summed E-state index contributed by atoms with van der Waals surface area (Å²) >= 11 is 0. The quantitative estimate of drug-likeness (QED) is 0.654. The number of hydrogen-bond acceptors (Lipinski definition) is 4. The largest absolute Gasteiger partial charge is 0.376 e. The minimum Gasteiger partial charge on any atom is -0.376 e. The summed E-state index contributed by atoms with van der Waals surface area (Å²) in [6.45, 7) is 2.67. The average Bonchev–Trinajstić information content (AvgIpc) is 2.70. The second-order valence-electron chi connectivity index (χ2n) is 6.52. The lowest BCUT2D eigenvalue weighted by Crippen LogP contribution is -2.24. The van der Waals surface area contributed by atoms with Gasteiger partial charge in [-0.2, -0.15) is 0 Å². The van der Waals surface area contributed by atoms with Gasteiger partial charge in [0.25, 0.3) is 11.8 Å². The van der Waals surface area contributed by atoms with Gasteiger partial charge in [0.05, 0.1) is 6.54 Å². The number of amides is 3. The molecular formula is C21H26N4O3. The molecule has 0 atom stereocenters. The molecule has 3 N–H and O–H groups in total. The number of anilines is 2. The number of carbonyl (C=O) groups is 3. The highest BCUT2D eigenvalue weighted by atomic mass is 16.2. The van der Waals surface area contributed by atoms with Crippen molar-refractivity contribution in [2.45, 2.75) is 13.3 Å². The van der Waals surface area contributed by atoms with E-state index >= 15 is 0 Å². The molecule has 0 aliphatic heterocycles. The van der Waals surface area contributed by atoms with Crippen molar-refractivity contribution in [1.29, 1.82) is 0 Å². The van der Waals surface area contributed by atoms with Crippen LogP contribution in [0.15, 0.2) is 48.5 Å². The first-order chi connectivity index (χ1) is 13.4. The molecule has 0 radical (unpaired) electrons. The van der Waals surface area contributed by atoms with E-state index in [0.29, 0.717) is 29.0 Å². The van der Waals surface area contributed by atoms with Crippen molar-refractivity contribution in [2.75, 3.05) is 37.8 Å². The Morgan fingerprint density at radius 2 is 1.64 bits per heavy atom. The van der Waals surface area contributed by atoms with Gasteiger partial charge < -0.3 is 20.9 Å². The molecule has 0 saturated heterocycles. The van der Waals surface area contributed by atoms with E-state index in [0.717, 1.165) is 6.42 Å². The van der Waals surface area contributed by atoms with E-state index < -0.39 is 0 Å². The maximum Gasteiger partial charge on any atom is 0.253 e. The number of rotatable bonds is 8. The number of hydrogen-bond donors (Lipinski definition) is 3. The Labute approximate surface area is 165 Å². The molecule has 0 fully saturated rings. The van der Waals surface area contributed by atoms with Crippen molar-refractivity contribution in [3.63, 3.8) is 0 Å². The summed E-state index contributed by atoms with van der Waals surface area (Å²) in [6, 6.07) is 13.7. The molecule has 7 nitrogen and oxygen atoms in total. The third-order valence-corrected chi connectivity index (χ3v) is 3.94. The molecule has 0 heterocycles. The van der Waals surface area contributed by atoms with Crippen molar-refractivity contribution >= 4 is 29.1 Å². The fourth-order valence-corrected chi connectivity index (χ4v) is 2.45. The fourth-order valence-electron chi connectivity index (χ4n) is 2.45. The Bertz CT molecular complexity index is 832. The first-order valence-corrected chi connectivity index (χ1v) is 9.14. The Balaban J connectivity index is 1.89. The van der Waals surface area contributed by atoms with Crippen LogP contribution in [0.3, 0.4) is 0 Å². The maximum atomic E-state index is 12.1. The molecule has 0 aliphatic carbocycles. The highest BCUT2D eigenvalue weighted by Gasteiger charge is 2.09. The second-order valence-corrected chi connectivity index (χ2v) is 6.52. The summed E-state index contributed by atoms with van der Waals surface area (Å²) in [5, 5.41) is 8.59. The molecule has 0 unspecified atom stereocenters. The minimum absolute atomic E-state index is 0.0540. The first kappa shape index (κ1) is 21.0. The summed E-state index contributed by atoms with van der Waals surface area (Å²) < 4.78 is 0. The topological polar surface area (TPSA) is 90.5 Å². The lowest BCUT2D eigenvalue weighted by atomic mass is 10.2. The zero-order chi connectivity index (χ0) is 20.5. The van der Waals surface area contributed by atoms with Gasteiger partial charge in [0.2, 0.25) is 5.91 Å². The van der Waals surface area contributed by atoms with Crippen molar-refractivity contribution < 1.29 is 14.4 Å².